The Bertz CT molecular complexity index is 957. The van der Waals surface area contributed by atoms with Crippen LogP contribution >= 0.6 is 0 Å². The van der Waals surface area contributed by atoms with Crippen LogP contribution in [0.5, 0.6) is 5.75 Å². The quantitative estimate of drug-likeness (QED) is 0.695. The molecule has 0 saturated carbocycles. The molecule has 0 radical (unpaired) electrons. The van der Waals surface area contributed by atoms with Gasteiger partial charge in [0.15, 0.2) is 0 Å². The van der Waals surface area contributed by atoms with Crippen LogP contribution in [0.4, 0.5) is 5.69 Å². The van der Waals surface area contributed by atoms with Crippen LogP contribution < -0.4 is 15.4 Å². The van der Waals surface area contributed by atoms with E-state index >= 15 is 0 Å². The molecule has 27 heavy (non-hydrogen) atoms. The van der Waals surface area contributed by atoms with E-state index < -0.39 is 0 Å². The van der Waals surface area contributed by atoms with Gasteiger partial charge in [-0.05, 0) is 49.9 Å². The minimum Gasteiger partial charge on any atom is -0.495 e. The number of ether oxygens (including phenoxy) is 1. The summed E-state index contributed by atoms with van der Waals surface area (Å²) in [4.78, 5) is 12.6. The SMILES string of the molecule is COc1cc2c(cc1NC(=O)CC(C)C1CCNCC1)oc1ccccc12. The molecule has 0 aliphatic carbocycles. The molecule has 1 unspecified atom stereocenters. The van der Waals surface area contributed by atoms with Crippen molar-refractivity contribution in [2.45, 2.75) is 26.2 Å². The second kappa shape index (κ2) is 7.61. The number of rotatable bonds is 5. The minimum atomic E-state index is 0.0230. The predicted octanol–water partition coefficient (Wildman–Crippen LogP) is 4.56. The Kier molecular flexibility index (Phi) is 5.03. The Balaban J connectivity index is 1.55. The van der Waals surface area contributed by atoms with Crippen molar-refractivity contribution in [1.82, 2.24) is 5.32 Å². The van der Waals surface area contributed by atoms with Crippen LogP contribution in [0.1, 0.15) is 26.2 Å². The fourth-order valence-electron chi connectivity index (χ4n) is 4.09. The molecule has 1 fully saturated rings. The molecule has 1 atom stereocenters. The topological polar surface area (TPSA) is 63.5 Å². The summed E-state index contributed by atoms with van der Waals surface area (Å²) in [6, 6.07) is 11.7. The highest BCUT2D eigenvalue weighted by Gasteiger charge is 2.22. The summed E-state index contributed by atoms with van der Waals surface area (Å²) in [5.41, 5.74) is 2.24. The van der Waals surface area contributed by atoms with Crippen LogP contribution in [-0.2, 0) is 4.79 Å². The molecular formula is C22H26N2O3. The molecule has 1 aliphatic rings. The summed E-state index contributed by atoms with van der Waals surface area (Å²) in [7, 11) is 1.62. The second-order valence-electron chi connectivity index (χ2n) is 7.46. The molecule has 1 saturated heterocycles. The first-order valence-electron chi connectivity index (χ1n) is 9.65. The number of anilines is 1. The van der Waals surface area contributed by atoms with Gasteiger partial charge >= 0.3 is 0 Å². The van der Waals surface area contributed by atoms with E-state index in [9.17, 15) is 4.79 Å². The van der Waals surface area contributed by atoms with Gasteiger partial charge in [-0.15, -0.1) is 0 Å². The van der Waals surface area contributed by atoms with Crippen LogP contribution in [-0.4, -0.2) is 26.1 Å². The van der Waals surface area contributed by atoms with E-state index in [2.05, 4.69) is 17.6 Å². The minimum absolute atomic E-state index is 0.0230. The molecule has 142 valence electrons. The molecule has 2 aromatic carbocycles. The second-order valence-corrected chi connectivity index (χ2v) is 7.46. The van der Waals surface area contributed by atoms with E-state index in [1.165, 1.54) is 0 Å². The first-order valence-corrected chi connectivity index (χ1v) is 9.65. The van der Waals surface area contributed by atoms with Gasteiger partial charge in [-0.2, -0.15) is 0 Å². The van der Waals surface area contributed by atoms with Gasteiger partial charge < -0.3 is 19.8 Å². The predicted molar refractivity (Wildman–Crippen MR) is 108 cm³/mol. The molecule has 0 bridgehead atoms. The Hall–Kier alpha value is -2.53. The number of carbonyl (C=O) groups is 1. The van der Waals surface area contributed by atoms with Gasteiger partial charge in [0.1, 0.15) is 16.9 Å². The fourth-order valence-corrected chi connectivity index (χ4v) is 4.09. The summed E-state index contributed by atoms with van der Waals surface area (Å²) in [5.74, 6) is 1.65. The van der Waals surface area contributed by atoms with E-state index in [-0.39, 0.29) is 5.91 Å². The molecule has 0 spiro atoms. The van der Waals surface area contributed by atoms with Crippen molar-refractivity contribution in [2.24, 2.45) is 11.8 Å². The third-order valence-corrected chi connectivity index (χ3v) is 5.67. The zero-order chi connectivity index (χ0) is 18.8. The third-order valence-electron chi connectivity index (χ3n) is 5.67. The summed E-state index contributed by atoms with van der Waals surface area (Å²) in [6.45, 7) is 4.27. The van der Waals surface area contributed by atoms with Crippen molar-refractivity contribution < 1.29 is 13.9 Å². The highest BCUT2D eigenvalue weighted by molar-refractivity contribution is 6.07. The van der Waals surface area contributed by atoms with E-state index in [4.69, 9.17) is 9.15 Å². The largest absolute Gasteiger partial charge is 0.495 e. The highest BCUT2D eigenvalue weighted by atomic mass is 16.5. The maximum absolute atomic E-state index is 12.6. The van der Waals surface area contributed by atoms with Crippen molar-refractivity contribution >= 4 is 33.5 Å². The molecule has 1 amide bonds. The van der Waals surface area contributed by atoms with Crippen molar-refractivity contribution in [3.05, 3.63) is 36.4 Å². The molecule has 2 N–H and O–H groups in total. The standard InChI is InChI=1S/C22H26N2O3/c1-14(15-7-9-23-10-8-15)11-22(25)24-18-13-20-17(12-21(18)26-2)16-5-3-4-6-19(16)27-20/h3-6,12-15,23H,7-11H2,1-2H3,(H,24,25). The number of furan rings is 1. The number of piperidine rings is 1. The lowest BCUT2D eigenvalue weighted by Gasteiger charge is -2.27. The lowest BCUT2D eigenvalue weighted by Crippen LogP contribution is -2.32. The fraction of sp³-hybridized carbons (Fsp3) is 0.409. The number of hydrogen-bond donors (Lipinski definition) is 2. The lowest BCUT2D eigenvalue weighted by molar-refractivity contribution is -0.117. The number of nitrogens with one attached hydrogen (secondary N) is 2. The van der Waals surface area contributed by atoms with Crippen molar-refractivity contribution in [3.8, 4) is 5.75 Å². The van der Waals surface area contributed by atoms with Crippen LogP contribution in [0.15, 0.2) is 40.8 Å². The molecule has 3 aromatic rings. The average Bonchev–Trinajstić information content (AvgIpc) is 3.05. The highest BCUT2D eigenvalue weighted by Crippen LogP contribution is 2.36. The number of amides is 1. The van der Waals surface area contributed by atoms with Gasteiger partial charge in [-0.3, -0.25) is 4.79 Å². The van der Waals surface area contributed by atoms with Crippen LogP contribution in [0.3, 0.4) is 0 Å². The Morgan fingerprint density at radius 1 is 1.22 bits per heavy atom. The molecule has 1 aliphatic heterocycles. The molecular weight excluding hydrogens is 340 g/mol. The van der Waals surface area contributed by atoms with Crippen LogP contribution in [0, 0.1) is 11.8 Å². The first-order chi connectivity index (χ1) is 13.2. The number of methoxy groups -OCH3 is 1. The number of fused-ring (bicyclic) bond motifs is 3. The van der Waals surface area contributed by atoms with Crippen molar-refractivity contribution in [2.75, 3.05) is 25.5 Å². The molecule has 2 heterocycles. The molecule has 5 heteroatoms. The first kappa shape index (κ1) is 17.9. The van der Waals surface area contributed by atoms with E-state index in [1.54, 1.807) is 7.11 Å². The number of carbonyl (C=O) groups excluding carboxylic acids is 1. The van der Waals surface area contributed by atoms with E-state index in [0.717, 1.165) is 47.9 Å². The maximum atomic E-state index is 12.6. The monoisotopic (exact) mass is 366 g/mol. The number of benzene rings is 2. The Labute approximate surface area is 159 Å². The van der Waals surface area contributed by atoms with Gasteiger partial charge in [-0.25, -0.2) is 0 Å². The average molecular weight is 366 g/mol. The third kappa shape index (κ3) is 3.65. The summed E-state index contributed by atoms with van der Waals surface area (Å²) in [6.07, 6.45) is 2.80. The number of para-hydroxylation sites is 1. The van der Waals surface area contributed by atoms with E-state index in [0.29, 0.717) is 29.7 Å². The van der Waals surface area contributed by atoms with Gasteiger partial charge in [0.25, 0.3) is 0 Å². The summed E-state index contributed by atoms with van der Waals surface area (Å²) < 4.78 is 11.5. The van der Waals surface area contributed by atoms with Gasteiger partial charge in [0, 0.05) is 23.3 Å². The van der Waals surface area contributed by atoms with Gasteiger partial charge in [0.05, 0.1) is 12.8 Å². The summed E-state index contributed by atoms with van der Waals surface area (Å²) in [5, 5.41) is 8.44. The Morgan fingerprint density at radius 3 is 2.78 bits per heavy atom. The van der Waals surface area contributed by atoms with Gasteiger partial charge in [0.2, 0.25) is 5.91 Å². The summed E-state index contributed by atoms with van der Waals surface area (Å²) >= 11 is 0. The zero-order valence-corrected chi connectivity index (χ0v) is 15.9. The van der Waals surface area contributed by atoms with Gasteiger partial charge in [-0.1, -0.05) is 25.1 Å². The number of hydrogen-bond acceptors (Lipinski definition) is 4. The van der Waals surface area contributed by atoms with Crippen LogP contribution in [0.2, 0.25) is 0 Å². The zero-order valence-electron chi connectivity index (χ0n) is 15.9. The lowest BCUT2D eigenvalue weighted by atomic mass is 9.84. The molecule has 4 rings (SSSR count). The molecule has 5 nitrogen and oxygen atoms in total. The smallest absolute Gasteiger partial charge is 0.224 e. The van der Waals surface area contributed by atoms with Crippen molar-refractivity contribution in [1.29, 1.82) is 0 Å². The van der Waals surface area contributed by atoms with Crippen molar-refractivity contribution in [3.63, 3.8) is 0 Å². The molecule has 1 aromatic heterocycles. The van der Waals surface area contributed by atoms with Crippen LogP contribution in [0.25, 0.3) is 21.9 Å². The van der Waals surface area contributed by atoms with E-state index in [1.807, 2.05) is 36.4 Å². The maximum Gasteiger partial charge on any atom is 0.224 e. The normalized spacial score (nSPS) is 16.5. The Morgan fingerprint density at radius 2 is 2.00 bits per heavy atom.